The summed E-state index contributed by atoms with van der Waals surface area (Å²) in [4.78, 5) is 10.1. The molecule has 0 unspecified atom stereocenters. The first-order chi connectivity index (χ1) is 21.8. The van der Waals surface area contributed by atoms with Crippen LogP contribution in [0.5, 0.6) is 0 Å². The molecule has 1 aliphatic rings. The fraction of sp³-hybridized carbons (Fsp3) is 0.150. The summed E-state index contributed by atoms with van der Waals surface area (Å²) in [5.41, 5.74) is 9.63. The lowest BCUT2D eigenvalue weighted by Crippen LogP contribution is -2.41. The summed E-state index contributed by atoms with van der Waals surface area (Å²) in [6.07, 6.45) is 0. The van der Waals surface area contributed by atoms with Crippen LogP contribution in [0.25, 0.3) is 56.2 Å². The Labute approximate surface area is 265 Å². The smallest absolute Gasteiger partial charge is 0.399 e. The highest BCUT2D eigenvalue weighted by Gasteiger charge is 2.51. The van der Waals surface area contributed by atoms with Crippen molar-refractivity contribution in [2.45, 2.75) is 38.9 Å². The van der Waals surface area contributed by atoms with Crippen molar-refractivity contribution in [2.75, 3.05) is 0 Å². The Morgan fingerprint density at radius 2 is 0.889 bits per heavy atom. The molecule has 0 radical (unpaired) electrons. The van der Waals surface area contributed by atoms with E-state index in [0.717, 1.165) is 50.2 Å². The first-order valence-corrected chi connectivity index (χ1v) is 15.4. The van der Waals surface area contributed by atoms with Crippen molar-refractivity contribution in [1.29, 1.82) is 0 Å². The van der Waals surface area contributed by atoms with Gasteiger partial charge in [-0.15, -0.1) is 0 Å². The number of rotatable bonds is 6. The van der Waals surface area contributed by atoms with Gasteiger partial charge in [-0.05, 0) is 67.5 Å². The van der Waals surface area contributed by atoms with Crippen LogP contribution in [0.15, 0.2) is 140 Å². The summed E-state index contributed by atoms with van der Waals surface area (Å²) in [5, 5.41) is 0. The first kappa shape index (κ1) is 28.9. The molecule has 4 nitrogen and oxygen atoms in total. The van der Waals surface area contributed by atoms with Gasteiger partial charge in [0.2, 0.25) is 0 Å². The van der Waals surface area contributed by atoms with Crippen molar-refractivity contribution in [1.82, 2.24) is 9.97 Å². The molecule has 0 aliphatic carbocycles. The predicted molar refractivity (Wildman–Crippen MR) is 185 cm³/mol. The minimum atomic E-state index is -0.398. The summed E-state index contributed by atoms with van der Waals surface area (Å²) in [5.74, 6) is 0.701. The molecule has 1 saturated heterocycles. The van der Waals surface area contributed by atoms with Gasteiger partial charge < -0.3 is 9.31 Å². The zero-order valence-electron chi connectivity index (χ0n) is 26.1. The van der Waals surface area contributed by atoms with Crippen LogP contribution in [0.3, 0.4) is 0 Å². The van der Waals surface area contributed by atoms with Gasteiger partial charge in [0.15, 0.2) is 5.82 Å². The third-order valence-electron chi connectivity index (χ3n) is 8.95. The van der Waals surface area contributed by atoms with Gasteiger partial charge in [0.25, 0.3) is 0 Å². The summed E-state index contributed by atoms with van der Waals surface area (Å²) in [6, 6.07) is 48.2. The van der Waals surface area contributed by atoms with Crippen LogP contribution in [0.1, 0.15) is 27.7 Å². The molecule has 0 amide bonds. The second-order valence-corrected chi connectivity index (χ2v) is 12.6. The molecule has 220 valence electrons. The van der Waals surface area contributed by atoms with Crippen LogP contribution < -0.4 is 5.46 Å². The Morgan fingerprint density at radius 1 is 0.422 bits per heavy atom. The molecule has 45 heavy (non-hydrogen) atoms. The van der Waals surface area contributed by atoms with Crippen molar-refractivity contribution in [3.05, 3.63) is 140 Å². The SMILES string of the molecule is CC1(C)OB(c2cccc(-c3ccc(-c4cc(-c5cccc(-c6ccccc6)c5)nc(-c5ccccc5)n4)cc3)c2)OC1(C)C. The summed E-state index contributed by atoms with van der Waals surface area (Å²) in [7, 11) is -0.398. The molecule has 0 bridgehead atoms. The molecular weight excluding hydrogens is 551 g/mol. The maximum Gasteiger partial charge on any atom is 0.494 e. The average Bonchev–Trinajstić information content (AvgIpc) is 3.31. The van der Waals surface area contributed by atoms with Gasteiger partial charge >= 0.3 is 7.12 Å². The molecule has 0 N–H and O–H groups in total. The lowest BCUT2D eigenvalue weighted by atomic mass is 9.78. The minimum absolute atomic E-state index is 0.382. The Balaban J connectivity index is 1.23. The van der Waals surface area contributed by atoms with Crippen molar-refractivity contribution >= 4 is 12.6 Å². The van der Waals surface area contributed by atoms with Gasteiger partial charge in [-0.25, -0.2) is 9.97 Å². The Hall–Kier alpha value is -4.84. The Morgan fingerprint density at radius 3 is 1.53 bits per heavy atom. The van der Waals surface area contributed by atoms with E-state index in [2.05, 4.69) is 143 Å². The number of hydrogen-bond donors (Lipinski definition) is 0. The van der Waals surface area contributed by atoms with Gasteiger partial charge in [-0.1, -0.05) is 127 Å². The van der Waals surface area contributed by atoms with E-state index in [4.69, 9.17) is 19.3 Å². The standard InChI is InChI=1S/C40H35BN2O2/c1-39(2)40(3,4)45-41(44-39)35-20-12-18-33(26-35)29-21-23-30(24-22-29)36-27-37(43-38(42-36)31-15-9-6-10-16-31)34-19-11-17-32(25-34)28-13-7-5-8-14-28/h5-27H,1-4H3. The molecule has 5 heteroatoms. The second-order valence-electron chi connectivity index (χ2n) is 12.6. The highest BCUT2D eigenvalue weighted by Crippen LogP contribution is 2.37. The highest BCUT2D eigenvalue weighted by molar-refractivity contribution is 6.62. The number of hydrogen-bond acceptors (Lipinski definition) is 4. The molecule has 0 spiro atoms. The van der Waals surface area contributed by atoms with Crippen molar-refractivity contribution in [2.24, 2.45) is 0 Å². The molecular formula is C40H35BN2O2. The maximum atomic E-state index is 6.31. The van der Waals surface area contributed by atoms with Crippen LogP contribution in [0, 0.1) is 0 Å². The van der Waals surface area contributed by atoms with E-state index < -0.39 is 7.12 Å². The van der Waals surface area contributed by atoms with Crippen LogP contribution in [0.2, 0.25) is 0 Å². The van der Waals surface area contributed by atoms with E-state index in [9.17, 15) is 0 Å². The minimum Gasteiger partial charge on any atom is -0.399 e. The number of benzene rings is 5. The number of aromatic nitrogens is 2. The monoisotopic (exact) mass is 586 g/mol. The van der Waals surface area contributed by atoms with E-state index in [0.29, 0.717) is 5.82 Å². The van der Waals surface area contributed by atoms with Crippen molar-refractivity contribution in [3.63, 3.8) is 0 Å². The Bertz CT molecular complexity index is 1940. The van der Waals surface area contributed by atoms with Gasteiger partial charge in [0.05, 0.1) is 22.6 Å². The normalized spacial score (nSPS) is 15.2. The molecule has 6 aromatic rings. The lowest BCUT2D eigenvalue weighted by molar-refractivity contribution is 0.00578. The Kier molecular flexibility index (Phi) is 7.44. The topological polar surface area (TPSA) is 44.2 Å². The highest BCUT2D eigenvalue weighted by atomic mass is 16.7. The molecule has 1 aliphatic heterocycles. The fourth-order valence-electron chi connectivity index (χ4n) is 5.63. The third-order valence-corrected chi connectivity index (χ3v) is 8.95. The summed E-state index contributed by atoms with van der Waals surface area (Å²) in [6.45, 7) is 8.32. The van der Waals surface area contributed by atoms with Crippen LogP contribution in [-0.2, 0) is 9.31 Å². The van der Waals surface area contributed by atoms with Crippen molar-refractivity contribution < 1.29 is 9.31 Å². The predicted octanol–water partition coefficient (Wildman–Crippen LogP) is 9.11. The quantitative estimate of drug-likeness (QED) is 0.183. The second kappa shape index (κ2) is 11.6. The van der Waals surface area contributed by atoms with E-state index in [-0.39, 0.29) is 11.2 Å². The van der Waals surface area contributed by atoms with E-state index in [1.165, 1.54) is 5.56 Å². The molecule has 2 heterocycles. The fourth-order valence-corrected chi connectivity index (χ4v) is 5.63. The lowest BCUT2D eigenvalue weighted by Gasteiger charge is -2.32. The van der Waals surface area contributed by atoms with Gasteiger partial charge in [-0.3, -0.25) is 0 Å². The third kappa shape index (κ3) is 5.85. The van der Waals surface area contributed by atoms with Crippen LogP contribution >= 0.6 is 0 Å². The van der Waals surface area contributed by atoms with Crippen LogP contribution in [-0.4, -0.2) is 28.3 Å². The van der Waals surface area contributed by atoms with E-state index >= 15 is 0 Å². The number of nitrogens with zero attached hydrogens (tertiary/aromatic N) is 2. The summed E-state index contributed by atoms with van der Waals surface area (Å²) < 4.78 is 12.6. The van der Waals surface area contributed by atoms with Gasteiger partial charge in [-0.2, -0.15) is 0 Å². The van der Waals surface area contributed by atoms with Crippen LogP contribution in [0.4, 0.5) is 0 Å². The molecule has 1 fully saturated rings. The molecule has 0 atom stereocenters. The summed E-state index contributed by atoms with van der Waals surface area (Å²) >= 11 is 0. The first-order valence-electron chi connectivity index (χ1n) is 15.4. The van der Waals surface area contributed by atoms with Gasteiger partial charge in [0.1, 0.15) is 0 Å². The molecule has 5 aromatic carbocycles. The molecule has 0 saturated carbocycles. The van der Waals surface area contributed by atoms with Gasteiger partial charge in [0, 0.05) is 16.7 Å². The largest absolute Gasteiger partial charge is 0.494 e. The average molecular weight is 587 g/mol. The molecule has 1 aromatic heterocycles. The maximum absolute atomic E-state index is 6.31. The molecule has 7 rings (SSSR count). The van der Waals surface area contributed by atoms with Crippen molar-refractivity contribution in [3.8, 4) is 56.2 Å². The van der Waals surface area contributed by atoms with E-state index in [1.54, 1.807) is 0 Å². The zero-order chi connectivity index (χ0) is 31.0. The zero-order valence-corrected chi connectivity index (χ0v) is 26.1. The van der Waals surface area contributed by atoms with E-state index in [1.807, 2.05) is 24.3 Å².